The number of rotatable bonds is 8. The zero-order chi connectivity index (χ0) is 15.9. The van der Waals surface area contributed by atoms with Crippen LogP contribution in [0.4, 0.5) is 0 Å². The molecule has 0 N–H and O–H groups in total. The number of thiazole rings is 1. The Morgan fingerprint density at radius 1 is 1.27 bits per heavy atom. The summed E-state index contributed by atoms with van der Waals surface area (Å²) in [5.74, 6) is 0.850. The van der Waals surface area contributed by atoms with Crippen LogP contribution in [0.2, 0.25) is 0 Å². The van der Waals surface area contributed by atoms with E-state index in [1.807, 2.05) is 37.3 Å². The van der Waals surface area contributed by atoms with Crippen molar-refractivity contribution in [2.45, 2.75) is 26.2 Å². The first-order valence-electron chi connectivity index (χ1n) is 7.28. The molecule has 3 nitrogen and oxygen atoms in total. The van der Waals surface area contributed by atoms with Gasteiger partial charge in [-0.3, -0.25) is 0 Å². The monoisotopic (exact) mass is 335 g/mol. The Bertz CT molecular complexity index is 671. The van der Waals surface area contributed by atoms with Gasteiger partial charge in [0.15, 0.2) is 3.95 Å². The minimum atomic E-state index is 0.668. The van der Waals surface area contributed by atoms with Crippen LogP contribution in [0, 0.1) is 10.9 Å². The van der Waals surface area contributed by atoms with Gasteiger partial charge >= 0.3 is 0 Å². The van der Waals surface area contributed by atoms with Crippen LogP contribution in [0.25, 0.3) is 10.4 Å². The number of allylic oxidation sites excluding steroid dienone is 1. The summed E-state index contributed by atoms with van der Waals surface area (Å²) in [6.07, 6.45) is 5.05. The Morgan fingerprint density at radius 3 is 2.64 bits per heavy atom. The summed E-state index contributed by atoms with van der Waals surface area (Å²) in [4.78, 5) is 6.96. The van der Waals surface area contributed by atoms with Crippen LogP contribution >= 0.6 is 23.6 Å². The number of ether oxygens (including phenoxy) is 1. The topological polar surface area (TPSA) is 23.4 Å². The zero-order valence-electron chi connectivity index (χ0n) is 13.0. The Kier molecular flexibility index (Phi) is 6.21. The number of nitrogens with zero attached hydrogens (tertiary/aromatic N) is 1. The Morgan fingerprint density at radius 2 is 2.00 bits per heavy atom. The molecule has 5 heteroatoms. The van der Waals surface area contributed by atoms with Crippen molar-refractivity contribution in [1.82, 2.24) is 4.73 Å². The molecule has 0 aliphatic heterocycles. The van der Waals surface area contributed by atoms with Crippen molar-refractivity contribution in [2.24, 2.45) is 0 Å². The molecule has 1 heterocycles. The van der Waals surface area contributed by atoms with E-state index in [2.05, 4.69) is 6.58 Å². The van der Waals surface area contributed by atoms with Gasteiger partial charge in [0.05, 0.1) is 17.7 Å². The summed E-state index contributed by atoms with van der Waals surface area (Å²) < 4.78 is 7.71. The highest BCUT2D eigenvalue weighted by atomic mass is 32.1. The number of hydrogen-bond donors (Lipinski definition) is 0. The van der Waals surface area contributed by atoms with Crippen LogP contribution < -0.4 is 9.57 Å². The Balaban J connectivity index is 2.12. The molecule has 2 rings (SSSR count). The third-order valence-electron chi connectivity index (χ3n) is 3.36. The molecule has 0 aliphatic rings. The van der Waals surface area contributed by atoms with Gasteiger partial charge in [-0.2, -0.15) is 4.73 Å². The summed E-state index contributed by atoms with van der Waals surface area (Å²) in [5.41, 5.74) is 2.17. The highest BCUT2D eigenvalue weighted by molar-refractivity contribution is 7.73. The van der Waals surface area contributed by atoms with Gasteiger partial charge in [-0.05, 0) is 68.2 Å². The van der Waals surface area contributed by atoms with E-state index in [4.69, 9.17) is 21.8 Å². The maximum absolute atomic E-state index is 5.83. The largest absolute Gasteiger partial charge is 0.497 e. The predicted molar refractivity (Wildman–Crippen MR) is 95.4 cm³/mol. The van der Waals surface area contributed by atoms with Crippen molar-refractivity contribution in [3.05, 3.63) is 46.6 Å². The lowest BCUT2D eigenvalue weighted by atomic mass is 10.1. The Hall–Kier alpha value is -1.59. The number of methoxy groups -OCH3 is 1. The van der Waals surface area contributed by atoms with Gasteiger partial charge in [-0.15, -0.1) is 17.9 Å². The third kappa shape index (κ3) is 3.99. The van der Waals surface area contributed by atoms with Crippen molar-refractivity contribution in [2.75, 3.05) is 13.7 Å². The molecule has 0 radical (unpaired) electrons. The molecule has 0 saturated heterocycles. The SMILES string of the molecule is C=CCCCCOn1c(C)c(-c2ccc(OC)cc2)sc1=S. The molecule has 1 aromatic carbocycles. The summed E-state index contributed by atoms with van der Waals surface area (Å²) in [7, 11) is 1.67. The number of unbranched alkanes of at least 4 members (excludes halogenated alkanes) is 2. The van der Waals surface area contributed by atoms with Gasteiger partial charge in [-0.25, -0.2) is 0 Å². The van der Waals surface area contributed by atoms with Gasteiger partial charge in [0.1, 0.15) is 12.4 Å². The number of hydrogen-bond acceptors (Lipinski definition) is 4. The molecule has 0 atom stereocenters. The molecular weight excluding hydrogens is 314 g/mol. The summed E-state index contributed by atoms with van der Waals surface area (Å²) >= 11 is 7.00. The first kappa shape index (κ1) is 16.8. The van der Waals surface area contributed by atoms with Crippen LogP contribution in [0.5, 0.6) is 5.75 Å². The van der Waals surface area contributed by atoms with E-state index < -0.39 is 0 Å². The molecule has 22 heavy (non-hydrogen) atoms. The lowest BCUT2D eigenvalue weighted by Gasteiger charge is -2.09. The zero-order valence-corrected chi connectivity index (χ0v) is 14.6. The molecule has 0 unspecified atom stereocenters. The maximum atomic E-state index is 5.83. The van der Waals surface area contributed by atoms with Crippen molar-refractivity contribution >= 4 is 23.6 Å². The van der Waals surface area contributed by atoms with E-state index >= 15 is 0 Å². The normalized spacial score (nSPS) is 10.5. The standard InChI is InChI=1S/C17H21NO2S2/c1-4-5-6-7-12-20-18-13(2)16(22-17(18)21)14-8-10-15(19-3)11-9-14/h4,8-11H,1,5-7,12H2,2-3H3. The fourth-order valence-corrected chi connectivity index (χ4v) is 3.51. The highest BCUT2D eigenvalue weighted by Gasteiger charge is 2.12. The number of benzene rings is 1. The number of aromatic nitrogens is 1. The first-order chi connectivity index (χ1) is 10.7. The molecular formula is C17H21NO2S2. The van der Waals surface area contributed by atoms with Crippen molar-refractivity contribution < 1.29 is 9.57 Å². The summed E-state index contributed by atoms with van der Waals surface area (Å²) in [6.45, 7) is 6.43. The lowest BCUT2D eigenvalue weighted by Crippen LogP contribution is -2.14. The Labute approximate surface area is 140 Å². The van der Waals surface area contributed by atoms with E-state index in [1.54, 1.807) is 23.2 Å². The molecule has 2 aromatic rings. The molecule has 1 aromatic heterocycles. The van der Waals surface area contributed by atoms with Crippen molar-refractivity contribution in [3.8, 4) is 16.2 Å². The van der Waals surface area contributed by atoms with Gasteiger partial charge < -0.3 is 9.57 Å². The fourth-order valence-electron chi connectivity index (χ4n) is 2.14. The highest BCUT2D eigenvalue weighted by Crippen LogP contribution is 2.31. The molecule has 0 spiro atoms. The van der Waals surface area contributed by atoms with E-state index in [0.717, 1.165) is 45.1 Å². The summed E-state index contributed by atoms with van der Waals surface area (Å²) in [6, 6.07) is 8.00. The lowest BCUT2D eigenvalue weighted by molar-refractivity contribution is 0.102. The second-order valence-corrected chi connectivity index (χ2v) is 6.57. The van der Waals surface area contributed by atoms with E-state index in [0.29, 0.717) is 6.61 Å². The van der Waals surface area contributed by atoms with Gasteiger partial charge in [0, 0.05) is 0 Å². The van der Waals surface area contributed by atoms with Crippen molar-refractivity contribution in [3.63, 3.8) is 0 Å². The van der Waals surface area contributed by atoms with E-state index in [1.165, 1.54) is 0 Å². The molecule has 0 fully saturated rings. The van der Waals surface area contributed by atoms with E-state index in [-0.39, 0.29) is 0 Å². The predicted octanol–water partition coefficient (Wildman–Crippen LogP) is 5.05. The second-order valence-electron chi connectivity index (χ2n) is 4.92. The minimum Gasteiger partial charge on any atom is -0.497 e. The van der Waals surface area contributed by atoms with Gasteiger partial charge in [0.25, 0.3) is 0 Å². The first-order valence-corrected chi connectivity index (χ1v) is 8.51. The van der Waals surface area contributed by atoms with Gasteiger partial charge in [-0.1, -0.05) is 6.08 Å². The average Bonchev–Trinajstić information content (AvgIpc) is 2.82. The van der Waals surface area contributed by atoms with E-state index in [9.17, 15) is 0 Å². The summed E-state index contributed by atoms with van der Waals surface area (Å²) in [5, 5.41) is 0. The minimum absolute atomic E-state index is 0.668. The third-order valence-corrected chi connectivity index (χ3v) is 4.86. The average molecular weight is 335 g/mol. The van der Waals surface area contributed by atoms with Gasteiger partial charge in [0.2, 0.25) is 0 Å². The fraction of sp³-hybridized carbons (Fsp3) is 0.353. The molecule has 118 valence electrons. The maximum Gasteiger partial charge on any atom is 0.197 e. The van der Waals surface area contributed by atoms with Crippen LogP contribution in [0.1, 0.15) is 25.0 Å². The molecule has 0 saturated carbocycles. The van der Waals surface area contributed by atoms with Crippen LogP contribution in [0.15, 0.2) is 36.9 Å². The van der Waals surface area contributed by atoms with Crippen LogP contribution in [-0.4, -0.2) is 18.4 Å². The molecule has 0 bridgehead atoms. The molecule has 0 aliphatic carbocycles. The smallest absolute Gasteiger partial charge is 0.197 e. The van der Waals surface area contributed by atoms with Crippen molar-refractivity contribution in [1.29, 1.82) is 0 Å². The van der Waals surface area contributed by atoms with Crippen LogP contribution in [-0.2, 0) is 0 Å². The quantitative estimate of drug-likeness (QED) is 0.383. The second kappa shape index (κ2) is 8.15. The van der Waals surface area contributed by atoms with Crippen LogP contribution in [0.3, 0.4) is 0 Å². The molecule has 0 amide bonds.